The van der Waals surface area contributed by atoms with Crippen LogP contribution in [0.5, 0.6) is 0 Å². The van der Waals surface area contributed by atoms with Crippen molar-refractivity contribution in [3.8, 4) is 0 Å². The molecule has 0 unspecified atom stereocenters. The van der Waals surface area contributed by atoms with Gasteiger partial charge in [0.2, 0.25) is 0 Å². The summed E-state index contributed by atoms with van der Waals surface area (Å²) in [6.45, 7) is 0. The average Bonchev–Trinajstić information content (AvgIpc) is 2.25. The zero-order valence-electron chi connectivity index (χ0n) is 8.95. The lowest BCUT2D eigenvalue weighted by molar-refractivity contribution is 0.357. The lowest BCUT2D eigenvalue weighted by Gasteiger charge is -2.22. The third-order valence-electron chi connectivity index (χ3n) is 3.23. The standard InChI is InChI=1S/C11H18N4/c12-10-9(11(13)15-7-14-10)6-8-4-2-1-3-5-8/h7-8H,1-6H2,(H4,12,13,14,15). The summed E-state index contributed by atoms with van der Waals surface area (Å²) >= 11 is 0. The molecule has 0 aromatic carbocycles. The molecule has 4 nitrogen and oxygen atoms in total. The molecular weight excluding hydrogens is 188 g/mol. The number of aromatic nitrogens is 2. The number of hydrogen-bond donors (Lipinski definition) is 2. The van der Waals surface area contributed by atoms with Gasteiger partial charge in [-0.05, 0) is 12.3 Å². The predicted octanol–water partition coefficient (Wildman–Crippen LogP) is 1.76. The van der Waals surface area contributed by atoms with Gasteiger partial charge in [0.05, 0.1) is 0 Å². The smallest absolute Gasteiger partial charge is 0.132 e. The predicted molar refractivity (Wildman–Crippen MR) is 61.1 cm³/mol. The summed E-state index contributed by atoms with van der Waals surface area (Å²) in [5.74, 6) is 1.82. The lowest BCUT2D eigenvalue weighted by Crippen LogP contribution is -2.13. The van der Waals surface area contributed by atoms with Gasteiger partial charge in [0, 0.05) is 5.56 Å². The fraction of sp³-hybridized carbons (Fsp3) is 0.636. The van der Waals surface area contributed by atoms with Crippen molar-refractivity contribution in [2.45, 2.75) is 38.5 Å². The molecule has 1 fully saturated rings. The first-order valence-electron chi connectivity index (χ1n) is 5.62. The van der Waals surface area contributed by atoms with Crippen LogP contribution in [0.4, 0.5) is 11.6 Å². The van der Waals surface area contributed by atoms with Crippen LogP contribution in [0.15, 0.2) is 6.33 Å². The van der Waals surface area contributed by atoms with Crippen molar-refractivity contribution < 1.29 is 0 Å². The summed E-state index contributed by atoms with van der Waals surface area (Å²) in [6, 6.07) is 0. The molecule has 15 heavy (non-hydrogen) atoms. The average molecular weight is 206 g/mol. The Labute approximate surface area is 90.1 Å². The van der Waals surface area contributed by atoms with Gasteiger partial charge in [-0.25, -0.2) is 9.97 Å². The fourth-order valence-electron chi connectivity index (χ4n) is 2.33. The van der Waals surface area contributed by atoms with E-state index >= 15 is 0 Å². The van der Waals surface area contributed by atoms with E-state index in [9.17, 15) is 0 Å². The largest absolute Gasteiger partial charge is 0.383 e. The van der Waals surface area contributed by atoms with E-state index in [2.05, 4.69) is 9.97 Å². The van der Waals surface area contributed by atoms with Crippen LogP contribution in [-0.2, 0) is 6.42 Å². The quantitative estimate of drug-likeness (QED) is 0.773. The van der Waals surface area contributed by atoms with Gasteiger partial charge in [0.25, 0.3) is 0 Å². The molecular formula is C11H18N4. The maximum absolute atomic E-state index is 5.81. The zero-order valence-corrected chi connectivity index (χ0v) is 8.95. The molecule has 1 aliphatic carbocycles. The van der Waals surface area contributed by atoms with Crippen molar-refractivity contribution >= 4 is 11.6 Å². The molecule has 0 aliphatic heterocycles. The Kier molecular flexibility index (Phi) is 3.04. The maximum atomic E-state index is 5.81. The van der Waals surface area contributed by atoms with E-state index in [4.69, 9.17) is 11.5 Å². The Hall–Kier alpha value is -1.32. The van der Waals surface area contributed by atoms with Crippen molar-refractivity contribution in [3.63, 3.8) is 0 Å². The van der Waals surface area contributed by atoms with Gasteiger partial charge in [-0.3, -0.25) is 0 Å². The van der Waals surface area contributed by atoms with Crippen molar-refractivity contribution in [1.29, 1.82) is 0 Å². The van der Waals surface area contributed by atoms with Crippen LogP contribution < -0.4 is 11.5 Å². The highest BCUT2D eigenvalue weighted by molar-refractivity contribution is 5.52. The van der Waals surface area contributed by atoms with E-state index in [0.29, 0.717) is 17.6 Å². The number of nitrogens with zero attached hydrogens (tertiary/aromatic N) is 2. The summed E-state index contributed by atoms with van der Waals surface area (Å²) in [7, 11) is 0. The Balaban J connectivity index is 2.09. The molecule has 0 radical (unpaired) electrons. The van der Waals surface area contributed by atoms with Crippen LogP contribution in [0, 0.1) is 5.92 Å². The first kappa shape index (κ1) is 10.2. The number of nitrogens with two attached hydrogens (primary N) is 2. The Morgan fingerprint density at radius 1 is 1.07 bits per heavy atom. The molecule has 0 atom stereocenters. The molecule has 1 saturated carbocycles. The minimum Gasteiger partial charge on any atom is -0.383 e. The van der Waals surface area contributed by atoms with Crippen LogP contribution in [0.3, 0.4) is 0 Å². The summed E-state index contributed by atoms with van der Waals surface area (Å²) in [4.78, 5) is 7.98. The third kappa shape index (κ3) is 2.37. The summed E-state index contributed by atoms with van der Waals surface area (Å²) in [5.41, 5.74) is 12.6. The van der Waals surface area contributed by atoms with Gasteiger partial charge in [-0.2, -0.15) is 0 Å². The van der Waals surface area contributed by atoms with Crippen LogP contribution in [-0.4, -0.2) is 9.97 Å². The minimum atomic E-state index is 0.549. The molecule has 4 N–H and O–H groups in total. The second-order valence-electron chi connectivity index (χ2n) is 4.33. The number of anilines is 2. The Bertz CT molecular complexity index is 311. The molecule has 1 heterocycles. The van der Waals surface area contributed by atoms with E-state index in [-0.39, 0.29) is 0 Å². The molecule has 0 amide bonds. The minimum absolute atomic E-state index is 0.549. The highest BCUT2D eigenvalue weighted by Crippen LogP contribution is 2.29. The number of hydrogen-bond acceptors (Lipinski definition) is 4. The zero-order chi connectivity index (χ0) is 10.7. The molecule has 1 aliphatic rings. The monoisotopic (exact) mass is 206 g/mol. The first-order chi connectivity index (χ1) is 7.27. The van der Waals surface area contributed by atoms with Crippen LogP contribution >= 0.6 is 0 Å². The highest BCUT2D eigenvalue weighted by Gasteiger charge is 2.17. The molecule has 0 spiro atoms. The van der Waals surface area contributed by atoms with Gasteiger partial charge >= 0.3 is 0 Å². The fourth-order valence-corrected chi connectivity index (χ4v) is 2.33. The Morgan fingerprint density at radius 2 is 1.67 bits per heavy atom. The molecule has 82 valence electrons. The van der Waals surface area contributed by atoms with Crippen molar-refractivity contribution in [2.75, 3.05) is 11.5 Å². The van der Waals surface area contributed by atoms with Gasteiger partial charge in [-0.15, -0.1) is 0 Å². The van der Waals surface area contributed by atoms with Crippen LogP contribution in [0.1, 0.15) is 37.7 Å². The number of nitrogen functional groups attached to an aromatic ring is 2. The lowest BCUT2D eigenvalue weighted by atomic mass is 9.85. The van der Waals surface area contributed by atoms with Crippen LogP contribution in [0.25, 0.3) is 0 Å². The molecule has 1 aromatic heterocycles. The molecule has 0 saturated heterocycles. The highest BCUT2D eigenvalue weighted by atomic mass is 15.0. The molecule has 1 aromatic rings. The van der Waals surface area contributed by atoms with E-state index in [1.54, 1.807) is 0 Å². The van der Waals surface area contributed by atoms with Crippen molar-refractivity contribution in [3.05, 3.63) is 11.9 Å². The maximum Gasteiger partial charge on any atom is 0.132 e. The number of rotatable bonds is 2. The molecule has 0 bridgehead atoms. The normalized spacial score (nSPS) is 17.9. The van der Waals surface area contributed by atoms with Crippen LogP contribution in [0.2, 0.25) is 0 Å². The van der Waals surface area contributed by atoms with E-state index in [0.717, 1.165) is 12.0 Å². The summed E-state index contributed by atoms with van der Waals surface area (Å²) < 4.78 is 0. The van der Waals surface area contributed by atoms with E-state index in [1.165, 1.54) is 38.4 Å². The molecule has 2 rings (SSSR count). The second-order valence-corrected chi connectivity index (χ2v) is 4.33. The molecule has 4 heteroatoms. The topological polar surface area (TPSA) is 77.8 Å². The van der Waals surface area contributed by atoms with E-state index in [1.807, 2.05) is 0 Å². The van der Waals surface area contributed by atoms with Crippen molar-refractivity contribution in [1.82, 2.24) is 9.97 Å². The van der Waals surface area contributed by atoms with Gasteiger partial charge in [0.1, 0.15) is 18.0 Å². The summed E-state index contributed by atoms with van der Waals surface area (Å²) in [6.07, 6.45) is 8.97. The Morgan fingerprint density at radius 3 is 2.27 bits per heavy atom. The van der Waals surface area contributed by atoms with Crippen molar-refractivity contribution in [2.24, 2.45) is 5.92 Å². The van der Waals surface area contributed by atoms with E-state index < -0.39 is 0 Å². The SMILES string of the molecule is Nc1ncnc(N)c1CC1CCCCC1. The van der Waals surface area contributed by atoms with Gasteiger partial charge in [0.15, 0.2) is 0 Å². The second kappa shape index (κ2) is 4.47. The van der Waals surface area contributed by atoms with Gasteiger partial charge < -0.3 is 11.5 Å². The first-order valence-corrected chi connectivity index (χ1v) is 5.62. The summed E-state index contributed by atoms with van der Waals surface area (Å²) in [5, 5.41) is 0. The third-order valence-corrected chi connectivity index (χ3v) is 3.23. The van der Waals surface area contributed by atoms with Gasteiger partial charge in [-0.1, -0.05) is 32.1 Å².